The van der Waals surface area contributed by atoms with Crippen LogP contribution in [0.5, 0.6) is 5.75 Å². The Balaban J connectivity index is 2.60. The van der Waals surface area contributed by atoms with Gasteiger partial charge in [0, 0.05) is 23.9 Å². The Morgan fingerprint density at radius 1 is 1.67 bits per heavy atom. The fourth-order valence-electron chi connectivity index (χ4n) is 1.62. The lowest BCUT2D eigenvalue weighted by atomic mass is 10.2. The highest BCUT2D eigenvalue weighted by Gasteiger charge is 2.09. The molecule has 2 rings (SSSR count). The molecule has 0 bridgehead atoms. The molecule has 0 fully saturated rings. The molecule has 15 heavy (non-hydrogen) atoms. The van der Waals surface area contributed by atoms with Crippen molar-refractivity contribution in [1.29, 1.82) is 0 Å². The molecule has 5 nitrogen and oxygen atoms in total. The third-order valence-corrected chi connectivity index (χ3v) is 2.30. The summed E-state index contributed by atoms with van der Waals surface area (Å²) < 4.78 is 1.72. The SMILES string of the molecule is Cc1cc(O)c(CNC=O)c2ccnn12. The summed E-state index contributed by atoms with van der Waals surface area (Å²) >= 11 is 0. The van der Waals surface area contributed by atoms with Crippen molar-refractivity contribution in [2.75, 3.05) is 0 Å². The van der Waals surface area contributed by atoms with Crippen LogP contribution in [0.2, 0.25) is 0 Å². The summed E-state index contributed by atoms with van der Waals surface area (Å²) in [4.78, 5) is 10.2. The molecule has 0 saturated heterocycles. The lowest BCUT2D eigenvalue weighted by Gasteiger charge is -2.08. The van der Waals surface area contributed by atoms with Crippen molar-refractivity contribution in [3.8, 4) is 5.75 Å². The van der Waals surface area contributed by atoms with Crippen molar-refractivity contribution < 1.29 is 9.90 Å². The highest BCUT2D eigenvalue weighted by molar-refractivity contribution is 5.61. The van der Waals surface area contributed by atoms with Crippen molar-refractivity contribution in [2.45, 2.75) is 13.5 Å². The third-order valence-electron chi connectivity index (χ3n) is 2.30. The van der Waals surface area contributed by atoms with Gasteiger partial charge in [-0.05, 0) is 13.0 Å². The van der Waals surface area contributed by atoms with Crippen molar-refractivity contribution in [1.82, 2.24) is 14.9 Å². The van der Waals surface area contributed by atoms with Gasteiger partial charge in [0.1, 0.15) is 5.75 Å². The third kappa shape index (κ3) is 1.52. The molecule has 1 amide bonds. The number of aryl methyl sites for hydroxylation is 1. The second-order valence-electron chi connectivity index (χ2n) is 3.28. The number of carbonyl (C=O) groups is 1. The van der Waals surface area contributed by atoms with E-state index in [-0.39, 0.29) is 5.75 Å². The van der Waals surface area contributed by atoms with Gasteiger partial charge in [0.2, 0.25) is 6.41 Å². The van der Waals surface area contributed by atoms with Crippen LogP contribution in [0.25, 0.3) is 5.52 Å². The average molecular weight is 205 g/mol. The Labute approximate surface area is 86.3 Å². The molecular weight excluding hydrogens is 194 g/mol. The number of carbonyl (C=O) groups excluding carboxylic acids is 1. The lowest BCUT2D eigenvalue weighted by molar-refractivity contribution is -0.109. The Kier molecular flexibility index (Phi) is 2.29. The van der Waals surface area contributed by atoms with E-state index in [1.165, 1.54) is 0 Å². The molecule has 0 spiro atoms. The molecule has 0 atom stereocenters. The van der Waals surface area contributed by atoms with E-state index in [0.29, 0.717) is 18.5 Å². The molecular formula is C10H11N3O2. The first-order valence-corrected chi connectivity index (χ1v) is 4.56. The second kappa shape index (κ2) is 3.61. The lowest BCUT2D eigenvalue weighted by Crippen LogP contribution is -2.11. The van der Waals surface area contributed by atoms with Crippen LogP contribution in [0.1, 0.15) is 11.3 Å². The Hall–Kier alpha value is -2.04. The van der Waals surface area contributed by atoms with Crippen molar-refractivity contribution >= 4 is 11.9 Å². The smallest absolute Gasteiger partial charge is 0.207 e. The van der Waals surface area contributed by atoms with Crippen LogP contribution in [-0.2, 0) is 11.3 Å². The van der Waals surface area contributed by atoms with Crippen molar-refractivity contribution in [3.63, 3.8) is 0 Å². The van der Waals surface area contributed by atoms with E-state index in [1.807, 2.05) is 6.92 Å². The summed E-state index contributed by atoms with van der Waals surface area (Å²) in [5.74, 6) is 0.176. The fraction of sp³-hybridized carbons (Fsp3) is 0.200. The van der Waals surface area contributed by atoms with Gasteiger partial charge in [-0.2, -0.15) is 5.10 Å². The number of pyridine rings is 1. The molecule has 5 heteroatoms. The predicted octanol–water partition coefficient (Wildman–Crippen LogP) is 0.594. The molecule has 0 radical (unpaired) electrons. The highest BCUT2D eigenvalue weighted by Crippen LogP contribution is 2.23. The minimum Gasteiger partial charge on any atom is -0.507 e. The van der Waals surface area contributed by atoms with Gasteiger partial charge in [0.05, 0.1) is 11.7 Å². The second-order valence-corrected chi connectivity index (χ2v) is 3.28. The zero-order valence-electron chi connectivity index (χ0n) is 8.27. The van der Waals surface area contributed by atoms with E-state index in [9.17, 15) is 9.90 Å². The zero-order valence-corrected chi connectivity index (χ0v) is 8.27. The molecule has 2 N–H and O–H groups in total. The van der Waals surface area contributed by atoms with Crippen molar-refractivity contribution in [3.05, 3.63) is 29.6 Å². The maximum Gasteiger partial charge on any atom is 0.207 e. The van der Waals surface area contributed by atoms with Gasteiger partial charge >= 0.3 is 0 Å². The summed E-state index contributed by atoms with van der Waals surface area (Å²) in [5.41, 5.74) is 2.33. The van der Waals surface area contributed by atoms with Gasteiger partial charge in [-0.15, -0.1) is 0 Å². The summed E-state index contributed by atoms with van der Waals surface area (Å²) in [7, 11) is 0. The monoisotopic (exact) mass is 205 g/mol. The molecule has 0 saturated carbocycles. The molecule has 2 heterocycles. The van der Waals surface area contributed by atoms with Gasteiger partial charge in [-0.3, -0.25) is 4.79 Å². The first-order valence-electron chi connectivity index (χ1n) is 4.56. The minimum absolute atomic E-state index is 0.176. The Morgan fingerprint density at radius 2 is 2.47 bits per heavy atom. The number of aromatic hydroxyl groups is 1. The van der Waals surface area contributed by atoms with Gasteiger partial charge in [0.15, 0.2) is 0 Å². The number of aromatic nitrogens is 2. The van der Waals surface area contributed by atoms with Crippen LogP contribution in [0.3, 0.4) is 0 Å². The van der Waals surface area contributed by atoms with E-state index < -0.39 is 0 Å². The number of rotatable bonds is 3. The normalized spacial score (nSPS) is 10.5. The maximum atomic E-state index is 10.2. The van der Waals surface area contributed by atoms with Gasteiger partial charge in [0.25, 0.3) is 0 Å². The highest BCUT2D eigenvalue weighted by atomic mass is 16.3. The van der Waals surface area contributed by atoms with Crippen LogP contribution in [0.4, 0.5) is 0 Å². The summed E-state index contributed by atoms with van der Waals surface area (Å²) in [5, 5.41) is 16.4. The molecule has 2 aromatic rings. The molecule has 0 aliphatic carbocycles. The van der Waals surface area contributed by atoms with Crippen LogP contribution in [0, 0.1) is 6.92 Å². The number of amides is 1. The van der Waals surface area contributed by atoms with Crippen LogP contribution in [-0.4, -0.2) is 21.1 Å². The van der Waals surface area contributed by atoms with Crippen LogP contribution >= 0.6 is 0 Å². The van der Waals surface area contributed by atoms with Crippen LogP contribution < -0.4 is 5.32 Å². The van der Waals surface area contributed by atoms with E-state index in [4.69, 9.17) is 0 Å². The topological polar surface area (TPSA) is 66.6 Å². The van der Waals surface area contributed by atoms with Gasteiger partial charge < -0.3 is 10.4 Å². The molecule has 0 unspecified atom stereocenters. The fourth-order valence-corrected chi connectivity index (χ4v) is 1.62. The van der Waals surface area contributed by atoms with E-state index in [1.54, 1.807) is 22.8 Å². The number of hydrogen-bond donors (Lipinski definition) is 2. The largest absolute Gasteiger partial charge is 0.507 e. The van der Waals surface area contributed by atoms with Crippen LogP contribution in [0.15, 0.2) is 18.3 Å². The first-order chi connectivity index (χ1) is 7.24. The molecule has 0 aliphatic rings. The standard InChI is InChI=1S/C10H11N3O2/c1-7-4-10(15)8(5-11-6-14)9-2-3-12-13(7)9/h2-4,6,15H,5H2,1H3,(H,11,14). The van der Waals surface area contributed by atoms with Gasteiger partial charge in [-0.1, -0.05) is 0 Å². The van der Waals surface area contributed by atoms with E-state index in [0.717, 1.165) is 11.2 Å². The molecule has 2 aromatic heterocycles. The average Bonchev–Trinajstić information content (AvgIpc) is 2.66. The first kappa shape index (κ1) is 9.51. The van der Waals surface area contributed by atoms with E-state index in [2.05, 4.69) is 10.4 Å². The summed E-state index contributed by atoms with van der Waals surface area (Å²) in [6.45, 7) is 2.15. The Morgan fingerprint density at radius 3 is 3.20 bits per heavy atom. The quantitative estimate of drug-likeness (QED) is 0.721. The molecule has 0 aliphatic heterocycles. The minimum atomic E-state index is 0.176. The van der Waals surface area contributed by atoms with E-state index >= 15 is 0 Å². The number of nitrogens with zero attached hydrogens (tertiary/aromatic N) is 2. The predicted molar refractivity (Wildman–Crippen MR) is 54.5 cm³/mol. The summed E-state index contributed by atoms with van der Waals surface area (Å²) in [6, 6.07) is 3.43. The summed E-state index contributed by atoms with van der Waals surface area (Å²) in [6.07, 6.45) is 2.26. The maximum absolute atomic E-state index is 10.2. The Bertz CT molecular complexity index is 505. The molecule has 78 valence electrons. The number of nitrogens with one attached hydrogen (secondary N) is 1. The molecule has 0 aromatic carbocycles. The zero-order chi connectivity index (χ0) is 10.8. The number of hydrogen-bond acceptors (Lipinski definition) is 3. The number of fused-ring (bicyclic) bond motifs is 1. The van der Waals surface area contributed by atoms with Crippen molar-refractivity contribution in [2.24, 2.45) is 0 Å². The van der Waals surface area contributed by atoms with Gasteiger partial charge in [-0.25, -0.2) is 4.52 Å².